The van der Waals surface area contributed by atoms with Gasteiger partial charge in [-0.05, 0) is 61.1 Å². The average Bonchev–Trinajstić information content (AvgIpc) is 3.44. The van der Waals surface area contributed by atoms with E-state index in [1.807, 2.05) is 47.4 Å². The summed E-state index contributed by atoms with van der Waals surface area (Å²) >= 11 is 0. The number of ether oxygens (including phenoxy) is 1. The minimum atomic E-state index is -0.241. The zero-order valence-corrected chi connectivity index (χ0v) is 17.4. The molecule has 2 aliphatic rings. The molecule has 0 saturated heterocycles. The second-order valence-electron chi connectivity index (χ2n) is 8.04. The van der Waals surface area contributed by atoms with Crippen molar-refractivity contribution in [2.45, 2.75) is 38.5 Å². The molecule has 0 aromatic heterocycles. The Bertz CT molecular complexity index is 904. The van der Waals surface area contributed by atoms with Gasteiger partial charge in [0.25, 0.3) is 0 Å². The van der Waals surface area contributed by atoms with Crippen molar-refractivity contribution < 1.29 is 14.3 Å². The van der Waals surface area contributed by atoms with Gasteiger partial charge in [0, 0.05) is 30.4 Å². The molecular formula is C24H29N3O3. The highest BCUT2D eigenvalue weighted by atomic mass is 16.5. The second-order valence-corrected chi connectivity index (χ2v) is 8.04. The molecule has 2 N–H and O–H groups in total. The Balaban J connectivity index is 1.31. The lowest BCUT2D eigenvalue weighted by Crippen LogP contribution is -2.34. The maximum atomic E-state index is 12.9. The van der Waals surface area contributed by atoms with E-state index in [4.69, 9.17) is 4.74 Å². The quantitative estimate of drug-likeness (QED) is 0.756. The molecule has 30 heavy (non-hydrogen) atoms. The van der Waals surface area contributed by atoms with Crippen LogP contribution in [0.3, 0.4) is 0 Å². The predicted octanol–water partition coefficient (Wildman–Crippen LogP) is 4.14. The molecule has 4 rings (SSSR count). The minimum absolute atomic E-state index is 0.161. The molecule has 0 bridgehead atoms. The number of fused-ring (bicyclic) bond motifs is 1. The monoisotopic (exact) mass is 407 g/mol. The lowest BCUT2D eigenvalue weighted by molar-refractivity contribution is -0.122. The Morgan fingerprint density at radius 2 is 1.87 bits per heavy atom. The number of nitrogens with zero attached hydrogens (tertiary/aromatic N) is 1. The molecule has 0 unspecified atom stereocenters. The van der Waals surface area contributed by atoms with Gasteiger partial charge < -0.3 is 20.3 Å². The molecule has 1 fully saturated rings. The Labute approximate surface area is 177 Å². The van der Waals surface area contributed by atoms with E-state index in [0.717, 1.165) is 62.1 Å². The number of nitrogens with one attached hydrogen (secondary N) is 2. The van der Waals surface area contributed by atoms with E-state index in [0.29, 0.717) is 12.2 Å². The van der Waals surface area contributed by atoms with E-state index in [9.17, 15) is 9.59 Å². The lowest BCUT2D eigenvalue weighted by atomic mass is 10.1. The van der Waals surface area contributed by atoms with Gasteiger partial charge >= 0.3 is 6.03 Å². The number of anilines is 2. The van der Waals surface area contributed by atoms with Crippen molar-refractivity contribution in [3.8, 4) is 5.75 Å². The fraction of sp³-hybridized carbons (Fsp3) is 0.417. The van der Waals surface area contributed by atoms with Crippen molar-refractivity contribution in [2.75, 3.05) is 30.4 Å². The molecule has 158 valence electrons. The van der Waals surface area contributed by atoms with Gasteiger partial charge in [0.2, 0.25) is 5.91 Å². The largest absolute Gasteiger partial charge is 0.497 e. The normalized spacial score (nSPS) is 15.7. The van der Waals surface area contributed by atoms with Gasteiger partial charge in [-0.2, -0.15) is 0 Å². The fourth-order valence-electron chi connectivity index (χ4n) is 4.37. The molecule has 6 nitrogen and oxygen atoms in total. The highest BCUT2D eigenvalue weighted by Gasteiger charge is 2.31. The molecule has 1 aliphatic heterocycles. The first-order valence-corrected chi connectivity index (χ1v) is 10.8. The third-order valence-electron chi connectivity index (χ3n) is 6.07. The van der Waals surface area contributed by atoms with Crippen LogP contribution in [0.1, 0.15) is 36.8 Å². The molecule has 1 saturated carbocycles. The number of carbonyl (C=O) groups is 2. The standard InChI is InChI=1S/C24H29N3O3/c1-30-21-10-6-17(7-11-21)12-14-25-24(29)26-20-9-8-18-13-15-27(22(18)16-20)23(28)19-4-2-3-5-19/h6-11,16,19H,2-5,12-15H2,1H3,(H2,25,26,29). The van der Waals surface area contributed by atoms with Crippen LogP contribution in [0.5, 0.6) is 5.75 Å². The highest BCUT2D eigenvalue weighted by Crippen LogP contribution is 2.35. The predicted molar refractivity (Wildman–Crippen MR) is 118 cm³/mol. The first-order valence-electron chi connectivity index (χ1n) is 10.8. The Morgan fingerprint density at radius 3 is 2.60 bits per heavy atom. The third-order valence-corrected chi connectivity index (χ3v) is 6.07. The maximum absolute atomic E-state index is 12.9. The lowest BCUT2D eigenvalue weighted by Gasteiger charge is -2.21. The molecule has 0 atom stereocenters. The summed E-state index contributed by atoms with van der Waals surface area (Å²) in [6.07, 6.45) is 5.91. The second kappa shape index (κ2) is 9.20. The van der Waals surface area contributed by atoms with Crippen molar-refractivity contribution in [1.29, 1.82) is 0 Å². The van der Waals surface area contributed by atoms with Gasteiger partial charge in [0.15, 0.2) is 0 Å². The number of hydrogen-bond donors (Lipinski definition) is 2. The van der Waals surface area contributed by atoms with Crippen LogP contribution in [0.25, 0.3) is 0 Å². The Morgan fingerprint density at radius 1 is 1.10 bits per heavy atom. The molecule has 6 heteroatoms. The van der Waals surface area contributed by atoms with Crippen LogP contribution in [0.15, 0.2) is 42.5 Å². The Hall–Kier alpha value is -3.02. The van der Waals surface area contributed by atoms with Crippen molar-refractivity contribution in [3.63, 3.8) is 0 Å². The number of amides is 3. The number of carbonyl (C=O) groups excluding carboxylic acids is 2. The zero-order valence-electron chi connectivity index (χ0n) is 17.4. The molecule has 0 spiro atoms. The van der Waals surface area contributed by atoms with Crippen LogP contribution in [-0.4, -0.2) is 32.1 Å². The molecule has 1 aliphatic carbocycles. The Kier molecular flexibility index (Phi) is 6.21. The average molecular weight is 408 g/mol. The molecule has 0 radical (unpaired) electrons. The summed E-state index contributed by atoms with van der Waals surface area (Å²) in [4.78, 5) is 27.1. The van der Waals surface area contributed by atoms with Gasteiger partial charge in [-0.25, -0.2) is 4.79 Å². The number of hydrogen-bond acceptors (Lipinski definition) is 3. The van der Waals surface area contributed by atoms with Crippen LogP contribution in [-0.2, 0) is 17.6 Å². The summed E-state index contributed by atoms with van der Waals surface area (Å²) < 4.78 is 5.16. The van der Waals surface area contributed by atoms with Crippen LogP contribution in [0, 0.1) is 5.92 Å². The third kappa shape index (κ3) is 4.58. The SMILES string of the molecule is COc1ccc(CCNC(=O)Nc2ccc3c(c2)N(C(=O)C2CCCC2)CC3)cc1. The first kappa shape index (κ1) is 20.3. The number of methoxy groups -OCH3 is 1. The van der Waals surface area contributed by atoms with Gasteiger partial charge in [-0.3, -0.25) is 4.79 Å². The summed E-state index contributed by atoms with van der Waals surface area (Å²) in [6, 6.07) is 13.4. The summed E-state index contributed by atoms with van der Waals surface area (Å²) in [7, 11) is 1.64. The topological polar surface area (TPSA) is 70.7 Å². The molecule has 2 aromatic rings. The van der Waals surface area contributed by atoms with E-state index in [-0.39, 0.29) is 17.9 Å². The van der Waals surface area contributed by atoms with Crippen LogP contribution in [0.2, 0.25) is 0 Å². The summed E-state index contributed by atoms with van der Waals surface area (Å²) in [5.41, 5.74) is 3.96. The van der Waals surface area contributed by atoms with Gasteiger partial charge in [-0.1, -0.05) is 31.0 Å². The number of urea groups is 1. The van der Waals surface area contributed by atoms with Crippen LogP contribution < -0.4 is 20.3 Å². The van der Waals surface area contributed by atoms with Crippen molar-refractivity contribution in [1.82, 2.24) is 5.32 Å². The van der Waals surface area contributed by atoms with E-state index >= 15 is 0 Å². The first-order chi connectivity index (χ1) is 14.6. The minimum Gasteiger partial charge on any atom is -0.497 e. The molecular weight excluding hydrogens is 378 g/mol. The molecule has 3 amide bonds. The molecule has 2 aromatic carbocycles. The fourth-order valence-corrected chi connectivity index (χ4v) is 4.37. The number of rotatable bonds is 6. The van der Waals surface area contributed by atoms with Crippen LogP contribution >= 0.6 is 0 Å². The molecule has 1 heterocycles. The van der Waals surface area contributed by atoms with E-state index in [2.05, 4.69) is 10.6 Å². The highest BCUT2D eigenvalue weighted by molar-refractivity contribution is 5.98. The van der Waals surface area contributed by atoms with Crippen LogP contribution in [0.4, 0.5) is 16.2 Å². The zero-order chi connectivity index (χ0) is 20.9. The van der Waals surface area contributed by atoms with E-state index < -0.39 is 0 Å². The van der Waals surface area contributed by atoms with Crippen molar-refractivity contribution >= 4 is 23.3 Å². The van der Waals surface area contributed by atoms with E-state index in [1.54, 1.807) is 7.11 Å². The summed E-state index contributed by atoms with van der Waals surface area (Å²) in [6.45, 7) is 1.28. The van der Waals surface area contributed by atoms with Gasteiger partial charge in [-0.15, -0.1) is 0 Å². The number of benzene rings is 2. The maximum Gasteiger partial charge on any atom is 0.319 e. The van der Waals surface area contributed by atoms with E-state index in [1.165, 1.54) is 5.56 Å². The summed E-state index contributed by atoms with van der Waals surface area (Å²) in [5, 5.41) is 5.79. The van der Waals surface area contributed by atoms with Crippen molar-refractivity contribution in [2.24, 2.45) is 5.92 Å². The van der Waals surface area contributed by atoms with Gasteiger partial charge in [0.1, 0.15) is 5.75 Å². The van der Waals surface area contributed by atoms with Gasteiger partial charge in [0.05, 0.1) is 7.11 Å². The van der Waals surface area contributed by atoms with Crippen molar-refractivity contribution in [3.05, 3.63) is 53.6 Å². The smallest absolute Gasteiger partial charge is 0.319 e. The summed E-state index contributed by atoms with van der Waals surface area (Å²) in [5.74, 6) is 1.22.